The fourth-order valence-corrected chi connectivity index (χ4v) is 4.51. The number of thioether (sulfide) groups is 1. The van der Waals surface area contributed by atoms with Crippen molar-refractivity contribution in [2.75, 3.05) is 12.4 Å². The summed E-state index contributed by atoms with van der Waals surface area (Å²) in [7, 11) is 0. The number of hydrogen-bond donors (Lipinski definition) is 2. The molecule has 5 heteroatoms. The Balaban J connectivity index is 1.81. The van der Waals surface area contributed by atoms with E-state index in [1.165, 1.54) is 4.70 Å². The molecule has 2 aromatic rings. The minimum atomic E-state index is -0.178. The van der Waals surface area contributed by atoms with Crippen molar-refractivity contribution in [1.82, 2.24) is 10.3 Å². The molecule has 0 aliphatic carbocycles. The van der Waals surface area contributed by atoms with Crippen LogP contribution in [0.5, 0.6) is 0 Å². The average molecular weight is 325 g/mol. The van der Waals surface area contributed by atoms with Crippen LogP contribution >= 0.6 is 23.1 Å². The first-order valence-corrected chi connectivity index (χ1v) is 9.19. The normalized spacial score (nSPS) is 14.7. The molecule has 2 N–H and O–H groups in total. The largest absolute Gasteiger partial charge is 0.394 e. The van der Waals surface area contributed by atoms with Crippen LogP contribution in [-0.4, -0.2) is 34.0 Å². The van der Waals surface area contributed by atoms with E-state index in [0.717, 1.165) is 28.5 Å². The monoisotopic (exact) mass is 324 g/mol. The maximum absolute atomic E-state index is 9.57. The smallest absolute Gasteiger partial charge is 0.151 e. The summed E-state index contributed by atoms with van der Waals surface area (Å²) in [6, 6.07) is 8.65. The van der Waals surface area contributed by atoms with Gasteiger partial charge in [-0.15, -0.1) is 11.3 Å². The number of rotatable bonds is 8. The van der Waals surface area contributed by atoms with Gasteiger partial charge in [0.05, 0.1) is 16.8 Å². The molecule has 0 saturated heterocycles. The van der Waals surface area contributed by atoms with Crippen molar-refractivity contribution >= 4 is 33.3 Å². The fourth-order valence-electron chi connectivity index (χ4n) is 2.43. The van der Waals surface area contributed by atoms with Crippen LogP contribution in [0.2, 0.25) is 0 Å². The molecule has 0 bridgehead atoms. The van der Waals surface area contributed by atoms with E-state index in [-0.39, 0.29) is 12.1 Å². The molecule has 116 valence electrons. The molecule has 0 aliphatic rings. The Kier molecular flexibility index (Phi) is 6.05. The van der Waals surface area contributed by atoms with Gasteiger partial charge in [0.1, 0.15) is 0 Å². The molecule has 1 aromatic heterocycles. The van der Waals surface area contributed by atoms with Crippen LogP contribution in [-0.2, 0) is 0 Å². The van der Waals surface area contributed by atoms with Gasteiger partial charge in [-0.25, -0.2) is 4.98 Å². The van der Waals surface area contributed by atoms with E-state index in [0.29, 0.717) is 6.04 Å². The number of thiazole rings is 1. The van der Waals surface area contributed by atoms with E-state index in [1.807, 2.05) is 17.8 Å². The van der Waals surface area contributed by atoms with Crippen molar-refractivity contribution in [3.05, 3.63) is 24.3 Å². The third kappa shape index (κ3) is 4.95. The molecule has 0 fully saturated rings. The second kappa shape index (κ2) is 7.58. The van der Waals surface area contributed by atoms with Gasteiger partial charge in [0.2, 0.25) is 0 Å². The standard InChI is InChI=1S/C16H24N2OS2/c1-12(2)18-16(3,11-19)9-6-10-20-15-17-13-7-4-5-8-14(13)21-15/h4-5,7-8,12,18-19H,6,9-11H2,1-3H3. The predicted octanol–water partition coefficient (Wildman–Crippen LogP) is 3.92. The molecule has 2 rings (SSSR count). The molecule has 1 aromatic carbocycles. The number of para-hydroxylation sites is 1. The van der Waals surface area contributed by atoms with Crippen molar-refractivity contribution in [2.45, 2.75) is 49.5 Å². The van der Waals surface area contributed by atoms with Crippen molar-refractivity contribution in [3.63, 3.8) is 0 Å². The first kappa shape index (κ1) is 16.7. The Morgan fingerprint density at radius 2 is 2.14 bits per heavy atom. The number of nitrogens with zero attached hydrogens (tertiary/aromatic N) is 1. The van der Waals surface area contributed by atoms with E-state index < -0.39 is 0 Å². The molecular formula is C16H24N2OS2. The highest BCUT2D eigenvalue weighted by molar-refractivity contribution is 8.01. The number of aromatic nitrogens is 1. The maximum Gasteiger partial charge on any atom is 0.151 e. The molecule has 0 aliphatic heterocycles. The maximum atomic E-state index is 9.57. The summed E-state index contributed by atoms with van der Waals surface area (Å²) in [5, 5.41) is 13.0. The lowest BCUT2D eigenvalue weighted by molar-refractivity contribution is 0.156. The van der Waals surface area contributed by atoms with Gasteiger partial charge in [0.15, 0.2) is 4.34 Å². The van der Waals surface area contributed by atoms with E-state index in [9.17, 15) is 5.11 Å². The second-order valence-corrected chi connectivity index (χ2v) is 8.29. The van der Waals surface area contributed by atoms with Gasteiger partial charge >= 0.3 is 0 Å². The van der Waals surface area contributed by atoms with E-state index in [2.05, 4.69) is 49.3 Å². The van der Waals surface area contributed by atoms with Crippen LogP contribution in [0.15, 0.2) is 28.6 Å². The summed E-state index contributed by atoms with van der Waals surface area (Å²) in [6.07, 6.45) is 2.04. The van der Waals surface area contributed by atoms with Crippen LogP contribution in [0.1, 0.15) is 33.6 Å². The van der Waals surface area contributed by atoms with Gasteiger partial charge in [0, 0.05) is 17.3 Å². The summed E-state index contributed by atoms with van der Waals surface area (Å²) < 4.78 is 2.39. The van der Waals surface area contributed by atoms with Crippen molar-refractivity contribution in [3.8, 4) is 0 Å². The van der Waals surface area contributed by atoms with Gasteiger partial charge in [-0.1, -0.05) is 37.7 Å². The first-order chi connectivity index (χ1) is 10.0. The summed E-state index contributed by atoms with van der Waals surface area (Å²) >= 11 is 3.57. The first-order valence-electron chi connectivity index (χ1n) is 7.39. The molecule has 0 saturated carbocycles. The molecular weight excluding hydrogens is 300 g/mol. The molecule has 21 heavy (non-hydrogen) atoms. The van der Waals surface area contributed by atoms with Crippen LogP contribution in [0.3, 0.4) is 0 Å². The quantitative estimate of drug-likeness (QED) is 0.571. The minimum absolute atomic E-state index is 0.178. The lowest BCUT2D eigenvalue weighted by Crippen LogP contribution is -2.49. The van der Waals surface area contributed by atoms with Gasteiger partial charge < -0.3 is 10.4 Å². The highest BCUT2D eigenvalue weighted by atomic mass is 32.2. The summed E-state index contributed by atoms with van der Waals surface area (Å²) in [5.41, 5.74) is 0.911. The zero-order valence-corrected chi connectivity index (χ0v) is 14.6. The topological polar surface area (TPSA) is 45.1 Å². The third-order valence-electron chi connectivity index (χ3n) is 3.36. The lowest BCUT2D eigenvalue weighted by Gasteiger charge is -2.31. The number of hydrogen-bond acceptors (Lipinski definition) is 5. The number of aliphatic hydroxyl groups is 1. The summed E-state index contributed by atoms with van der Waals surface area (Å²) in [6.45, 7) is 6.50. The van der Waals surface area contributed by atoms with Gasteiger partial charge in [-0.05, 0) is 31.9 Å². The predicted molar refractivity (Wildman–Crippen MR) is 93.3 cm³/mol. The van der Waals surface area contributed by atoms with Crippen LogP contribution in [0.4, 0.5) is 0 Å². The number of nitrogens with one attached hydrogen (secondary N) is 1. The molecule has 1 unspecified atom stereocenters. The van der Waals surface area contributed by atoms with Gasteiger partial charge in [-0.3, -0.25) is 0 Å². The van der Waals surface area contributed by atoms with Crippen molar-refractivity contribution < 1.29 is 5.11 Å². The molecule has 3 nitrogen and oxygen atoms in total. The minimum Gasteiger partial charge on any atom is -0.394 e. The molecule has 0 amide bonds. The van der Waals surface area contributed by atoms with Crippen LogP contribution in [0.25, 0.3) is 10.2 Å². The van der Waals surface area contributed by atoms with Gasteiger partial charge in [-0.2, -0.15) is 0 Å². The second-order valence-electron chi connectivity index (χ2n) is 5.92. The number of fused-ring (bicyclic) bond motifs is 1. The van der Waals surface area contributed by atoms with E-state index in [4.69, 9.17) is 0 Å². The van der Waals surface area contributed by atoms with Crippen LogP contribution < -0.4 is 5.32 Å². The van der Waals surface area contributed by atoms with E-state index >= 15 is 0 Å². The SMILES string of the molecule is CC(C)NC(C)(CO)CCCSc1nc2ccccc2s1. The molecule has 1 atom stereocenters. The Morgan fingerprint density at radius 1 is 1.38 bits per heavy atom. The number of aliphatic hydroxyl groups excluding tert-OH is 1. The number of benzene rings is 1. The highest BCUT2D eigenvalue weighted by Crippen LogP contribution is 2.30. The van der Waals surface area contributed by atoms with Crippen molar-refractivity contribution in [2.24, 2.45) is 0 Å². The lowest BCUT2D eigenvalue weighted by atomic mass is 9.96. The molecule has 0 spiro atoms. The Labute approximate surface area is 135 Å². The van der Waals surface area contributed by atoms with E-state index in [1.54, 1.807) is 11.3 Å². The Bertz CT molecular complexity index is 537. The Hall–Kier alpha value is -0.620. The third-order valence-corrected chi connectivity index (χ3v) is 5.62. The Morgan fingerprint density at radius 3 is 2.81 bits per heavy atom. The highest BCUT2D eigenvalue weighted by Gasteiger charge is 2.23. The zero-order valence-electron chi connectivity index (χ0n) is 12.9. The summed E-state index contributed by atoms with van der Waals surface area (Å²) in [5.74, 6) is 1.04. The molecule has 0 radical (unpaired) electrons. The molecule has 1 heterocycles. The van der Waals surface area contributed by atoms with Crippen LogP contribution in [0, 0.1) is 0 Å². The zero-order chi connectivity index (χ0) is 15.3. The van der Waals surface area contributed by atoms with Gasteiger partial charge in [0.25, 0.3) is 0 Å². The van der Waals surface area contributed by atoms with Crippen molar-refractivity contribution in [1.29, 1.82) is 0 Å². The average Bonchev–Trinajstić information content (AvgIpc) is 2.85. The fraction of sp³-hybridized carbons (Fsp3) is 0.562. The summed E-state index contributed by atoms with van der Waals surface area (Å²) in [4.78, 5) is 4.63.